The van der Waals surface area contributed by atoms with Crippen molar-refractivity contribution in [3.05, 3.63) is 29.8 Å². The number of nitrogens with zero attached hydrogens (tertiary/aromatic N) is 1. The molecule has 1 aliphatic heterocycles. The minimum absolute atomic E-state index is 0.0147. The van der Waals surface area contributed by atoms with Crippen molar-refractivity contribution in [1.82, 2.24) is 4.90 Å². The van der Waals surface area contributed by atoms with Gasteiger partial charge in [0.1, 0.15) is 11.1 Å². The minimum atomic E-state index is -4.71. The molecule has 1 amide bonds. The summed E-state index contributed by atoms with van der Waals surface area (Å²) in [4.78, 5) is 13.6. The highest BCUT2D eigenvalue weighted by Gasteiger charge is 2.34. The first-order chi connectivity index (χ1) is 9.76. The van der Waals surface area contributed by atoms with E-state index in [4.69, 9.17) is 0 Å². The van der Waals surface area contributed by atoms with Crippen molar-refractivity contribution in [2.45, 2.75) is 25.6 Å². The first-order valence-corrected chi connectivity index (χ1v) is 7.58. The number of carbonyl (C=O) groups is 1. The summed E-state index contributed by atoms with van der Waals surface area (Å²) in [6.45, 7) is 4.58. The van der Waals surface area contributed by atoms with Crippen LogP contribution in [0.4, 0.5) is 13.2 Å². The number of halogens is 3. The smallest absolute Gasteiger partial charge is 0.406 e. The van der Waals surface area contributed by atoms with Crippen molar-refractivity contribution >= 4 is 17.7 Å². The van der Waals surface area contributed by atoms with Gasteiger partial charge in [-0.2, -0.15) is 0 Å². The Kier molecular flexibility index (Phi) is 4.70. The van der Waals surface area contributed by atoms with Crippen LogP contribution in [0.15, 0.2) is 24.3 Å². The van der Waals surface area contributed by atoms with E-state index in [0.29, 0.717) is 23.8 Å². The minimum Gasteiger partial charge on any atom is -0.406 e. The molecule has 0 aromatic heterocycles. The molecule has 1 aromatic rings. The summed E-state index contributed by atoms with van der Waals surface area (Å²) in [6, 6.07) is 5.82. The topological polar surface area (TPSA) is 29.5 Å². The largest absolute Gasteiger partial charge is 0.573 e. The van der Waals surface area contributed by atoms with Crippen LogP contribution >= 0.6 is 11.8 Å². The lowest BCUT2D eigenvalue weighted by atomic mass is 10.1. The number of carbonyl (C=O) groups excluding carboxylic acids is 1. The van der Waals surface area contributed by atoms with E-state index in [2.05, 4.69) is 4.74 Å². The second-order valence-corrected chi connectivity index (χ2v) is 6.29. The molecular formula is C14H16F3NO2S. The van der Waals surface area contributed by atoms with Crippen molar-refractivity contribution < 1.29 is 22.7 Å². The molecular weight excluding hydrogens is 303 g/mol. The van der Waals surface area contributed by atoms with Gasteiger partial charge in [0.15, 0.2) is 0 Å². The highest BCUT2D eigenvalue weighted by molar-refractivity contribution is 8.00. The highest BCUT2D eigenvalue weighted by Crippen LogP contribution is 2.40. The molecule has 0 aliphatic carbocycles. The molecule has 116 valence electrons. The Morgan fingerprint density at radius 2 is 2.14 bits per heavy atom. The quantitative estimate of drug-likeness (QED) is 0.845. The summed E-state index contributed by atoms with van der Waals surface area (Å²) < 4.78 is 40.7. The van der Waals surface area contributed by atoms with Crippen molar-refractivity contribution in [2.75, 3.05) is 12.3 Å². The lowest BCUT2D eigenvalue weighted by Crippen LogP contribution is -2.31. The molecule has 0 saturated carbocycles. The summed E-state index contributed by atoms with van der Waals surface area (Å²) in [7, 11) is 0. The molecule has 2 rings (SSSR count). The first kappa shape index (κ1) is 16.0. The Bertz CT molecular complexity index is 519. The van der Waals surface area contributed by atoms with Gasteiger partial charge in [-0.15, -0.1) is 24.9 Å². The molecule has 1 aromatic carbocycles. The number of alkyl halides is 3. The van der Waals surface area contributed by atoms with Crippen LogP contribution in [0.2, 0.25) is 0 Å². The average molecular weight is 319 g/mol. The third kappa shape index (κ3) is 4.30. The molecule has 1 unspecified atom stereocenters. The fraction of sp³-hybridized carbons (Fsp3) is 0.500. The maximum absolute atomic E-state index is 12.3. The van der Waals surface area contributed by atoms with Crippen LogP contribution < -0.4 is 4.74 Å². The van der Waals surface area contributed by atoms with Crippen LogP contribution in [0.5, 0.6) is 5.75 Å². The molecule has 21 heavy (non-hydrogen) atoms. The lowest BCUT2D eigenvalue weighted by Gasteiger charge is -2.26. The highest BCUT2D eigenvalue weighted by atomic mass is 32.2. The maximum Gasteiger partial charge on any atom is 0.573 e. The van der Waals surface area contributed by atoms with Crippen LogP contribution in [-0.4, -0.2) is 29.5 Å². The number of rotatable bonds is 4. The van der Waals surface area contributed by atoms with E-state index in [0.717, 1.165) is 0 Å². The van der Waals surface area contributed by atoms with E-state index >= 15 is 0 Å². The molecule has 0 bridgehead atoms. The van der Waals surface area contributed by atoms with Crippen LogP contribution in [0.3, 0.4) is 0 Å². The van der Waals surface area contributed by atoms with Crippen LogP contribution in [0.25, 0.3) is 0 Å². The zero-order chi connectivity index (χ0) is 15.6. The van der Waals surface area contributed by atoms with Gasteiger partial charge in [0.25, 0.3) is 0 Å². The normalized spacial score (nSPS) is 19.4. The second kappa shape index (κ2) is 6.17. The van der Waals surface area contributed by atoms with Crippen molar-refractivity contribution in [1.29, 1.82) is 0 Å². The monoisotopic (exact) mass is 319 g/mol. The Labute approximate surface area is 125 Å². The van der Waals surface area contributed by atoms with Gasteiger partial charge in [0.05, 0.1) is 5.75 Å². The second-order valence-electron chi connectivity index (χ2n) is 5.22. The number of hydrogen-bond acceptors (Lipinski definition) is 3. The predicted molar refractivity (Wildman–Crippen MR) is 74.9 cm³/mol. The molecule has 0 spiro atoms. The maximum atomic E-state index is 12.3. The van der Waals surface area contributed by atoms with Crippen LogP contribution in [-0.2, 0) is 4.79 Å². The molecule has 1 fully saturated rings. The van der Waals surface area contributed by atoms with E-state index < -0.39 is 6.36 Å². The molecule has 7 heteroatoms. The van der Waals surface area contributed by atoms with E-state index in [-0.39, 0.29) is 17.0 Å². The molecule has 1 aliphatic rings. The van der Waals surface area contributed by atoms with Gasteiger partial charge in [0.2, 0.25) is 5.91 Å². The molecule has 0 radical (unpaired) electrons. The number of amides is 1. The SMILES string of the molecule is CC(C)CN1C(=O)CSC1c1cccc(OC(F)(F)F)c1. The fourth-order valence-corrected chi connectivity index (χ4v) is 3.38. The van der Waals surface area contributed by atoms with Gasteiger partial charge < -0.3 is 9.64 Å². The summed E-state index contributed by atoms with van der Waals surface area (Å²) >= 11 is 1.42. The van der Waals surface area contributed by atoms with Crippen LogP contribution in [0, 0.1) is 5.92 Å². The van der Waals surface area contributed by atoms with E-state index in [9.17, 15) is 18.0 Å². The number of thioether (sulfide) groups is 1. The Hall–Kier alpha value is -1.37. The molecule has 1 saturated heterocycles. The third-order valence-electron chi connectivity index (χ3n) is 2.91. The zero-order valence-electron chi connectivity index (χ0n) is 11.7. The predicted octanol–water partition coefficient (Wildman–Crippen LogP) is 3.82. The van der Waals surface area contributed by atoms with Gasteiger partial charge in [-0.3, -0.25) is 4.79 Å². The summed E-state index contributed by atoms with van der Waals surface area (Å²) in [6.07, 6.45) is -4.71. The summed E-state index contributed by atoms with van der Waals surface area (Å²) in [5, 5.41) is -0.253. The van der Waals surface area contributed by atoms with Crippen molar-refractivity contribution in [3.8, 4) is 5.75 Å². The van der Waals surface area contributed by atoms with Crippen molar-refractivity contribution in [3.63, 3.8) is 0 Å². The standard InChI is InChI=1S/C14H16F3NO2S/c1-9(2)7-18-12(19)8-21-13(18)10-4-3-5-11(6-10)20-14(15,16)17/h3-6,9,13H,7-8H2,1-2H3. The van der Waals surface area contributed by atoms with Gasteiger partial charge in [0, 0.05) is 6.54 Å². The van der Waals surface area contributed by atoms with E-state index in [1.807, 2.05) is 13.8 Å². The summed E-state index contributed by atoms with van der Waals surface area (Å²) in [5.41, 5.74) is 0.647. The van der Waals surface area contributed by atoms with Crippen LogP contribution in [0.1, 0.15) is 24.8 Å². The Balaban J connectivity index is 2.20. The van der Waals surface area contributed by atoms with Gasteiger partial charge in [-0.1, -0.05) is 26.0 Å². The summed E-state index contributed by atoms with van der Waals surface area (Å²) in [5.74, 6) is 0.400. The Morgan fingerprint density at radius 1 is 1.43 bits per heavy atom. The van der Waals surface area contributed by atoms with E-state index in [1.54, 1.807) is 11.0 Å². The number of benzene rings is 1. The molecule has 1 heterocycles. The van der Waals surface area contributed by atoms with Gasteiger partial charge in [-0.05, 0) is 23.6 Å². The molecule has 0 N–H and O–H groups in total. The molecule has 3 nitrogen and oxygen atoms in total. The van der Waals surface area contributed by atoms with Gasteiger partial charge in [-0.25, -0.2) is 0 Å². The first-order valence-electron chi connectivity index (χ1n) is 6.53. The molecule has 1 atom stereocenters. The Morgan fingerprint density at radius 3 is 2.76 bits per heavy atom. The van der Waals surface area contributed by atoms with Gasteiger partial charge >= 0.3 is 6.36 Å². The fourth-order valence-electron chi connectivity index (χ4n) is 2.19. The zero-order valence-corrected chi connectivity index (χ0v) is 12.5. The third-order valence-corrected chi connectivity index (χ3v) is 4.16. The lowest BCUT2D eigenvalue weighted by molar-refractivity contribution is -0.274. The average Bonchev–Trinajstić information content (AvgIpc) is 2.68. The number of ether oxygens (including phenoxy) is 1. The van der Waals surface area contributed by atoms with E-state index in [1.165, 1.54) is 30.0 Å². The van der Waals surface area contributed by atoms with Crippen molar-refractivity contribution in [2.24, 2.45) is 5.92 Å². The number of hydrogen-bond donors (Lipinski definition) is 0.